The van der Waals surface area contributed by atoms with Crippen molar-refractivity contribution in [3.8, 4) is 0 Å². The van der Waals surface area contributed by atoms with Crippen LogP contribution in [0.3, 0.4) is 0 Å². The molecule has 1 N–H and O–H groups in total. The maximum absolute atomic E-state index is 11.9. The van der Waals surface area contributed by atoms with E-state index in [0.717, 1.165) is 12.8 Å². The van der Waals surface area contributed by atoms with E-state index in [0.29, 0.717) is 12.5 Å². The highest BCUT2D eigenvalue weighted by atomic mass is 16.5. The molecule has 4 nitrogen and oxygen atoms in total. The summed E-state index contributed by atoms with van der Waals surface area (Å²) in [5, 5.41) is 3.06. The standard InChI is InChI=1S/C15H25NO3/c1-5-19-13(18)9-12(17)16-11-8-10-6-7-15(11,4)14(10,2)3/h10-11H,5-9H2,1-4H3,(H,16,17)/t10-,11-,15-/m1/s1. The molecule has 19 heavy (non-hydrogen) atoms. The predicted molar refractivity (Wildman–Crippen MR) is 72.4 cm³/mol. The largest absolute Gasteiger partial charge is 0.466 e. The van der Waals surface area contributed by atoms with Gasteiger partial charge in [0.1, 0.15) is 6.42 Å². The third-order valence-corrected chi connectivity index (χ3v) is 5.74. The number of esters is 1. The fourth-order valence-electron chi connectivity index (χ4n) is 4.01. The number of rotatable bonds is 4. The van der Waals surface area contributed by atoms with Gasteiger partial charge >= 0.3 is 5.97 Å². The maximum Gasteiger partial charge on any atom is 0.315 e. The van der Waals surface area contributed by atoms with Gasteiger partial charge < -0.3 is 10.1 Å². The molecule has 1 amide bonds. The molecule has 4 heteroatoms. The molecule has 2 aliphatic carbocycles. The SMILES string of the molecule is CCOC(=O)CC(=O)N[C@@H]1C[C@H]2CC[C@@]1(C)C2(C)C. The van der Waals surface area contributed by atoms with Gasteiger partial charge in [-0.05, 0) is 42.9 Å². The number of nitrogens with one attached hydrogen (secondary N) is 1. The van der Waals surface area contributed by atoms with E-state index in [1.165, 1.54) is 6.42 Å². The van der Waals surface area contributed by atoms with Crippen molar-refractivity contribution in [1.29, 1.82) is 0 Å². The first-order chi connectivity index (χ1) is 8.81. The van der Waals surface area contributed by atoms with Crippen LogP contribution < -0.4 is 5.32 Å². The summed E-state index contributed by atoms with van der Waals surface area (Å²) < 4.78 is 4.81. The van der Waals surface area contributed by atoms with E-state index in [1.54, 1.807) is 6.92 Å². The minimum Gasteiger partial charge on any atom is -0.466 e. The average Bonchev–Trinajstić information content (AvgIpc) is 2.62. The average molecular weight is 267 g/mol. The van der Waals surface area contributed by atoms with Crippen LogP contribution in [0, 0.1) is 16.7 Å². The molecule has 0 aromatic carbocycles. The lowest BCUT2D eigenvalue weighted by molar-refractivity contribution is -0.146. The molecule has 3 atom stereocenters. The van der Waals surface area contributed by atoms with Crippen molar-refractivity contribution in [3.05, 3.63) is 0 Å². The Balaban J connectivity index is 1.95. The fraction of sp³-hybridized carbons (Fsp3) is 0.867. The third kappa shape index (κ3) is 2.26. The van der Waals surface area contributed by atoms with Gasteiger partial charge in [0.15, 0.2) is 0 Å². The first-order valence-corrected chi connectivity index (χ1v) is 7.26. The first kappa shape index (κ1) is 14.4. The normalized spacial score (nSPS) is 35.2. The molecule has 0 saturated heterocycles. The number of ether oxygens (including phenoxy) is 1. The predicted octanol–water partition coefficient (Wildman–Crippen LogP) is 2.27. The number of carbonyl (C=O) groups is 2. The van der Waals surface area contributed by atoms with Crippen LogP contribution in [0.1, 0.15) is 53.4 Å². The van der Waals surface area contributed by atoms with Gasteiger partial charge in [-0.15, -0.1) is 0 Å². The molecule has 2 fully saturated rings. The van der Waals surface area contributed by atoms with E-state index < -0.39 is 5.97 Å². The van der Waals surface area contributed by atoms with E-state index in [9.17, 15) is 9.59 Å². The molecule has 0 unspecified atom stereocenters. The zero-order valence-corrected chi connectivity index (χ0v) is 12.4. The molecule has 2 rings (SSSR count). The van der Waals surface area contributed by atoms with Crippen molar-refractivity contribution < 1.29 is 14.3 Å². The summed E-state index contributed by atoms with van der Waals surface area (Å²) in [5.41, 5.74) is 0.427. The van der Waals surface area contributed by atoms with Gasteiger partial charge in [-0.3, -0.25) is 9.59 Å². The van der Waals surface area contributed by atoms with Crippen molar-refractivity contribution in [3.63, 3.8) is 0 Å². The van der Waals surface area contributed by atoms with Crippen LogP contribution in [0.25, 0.3) is 0 Å². The highest BCUT2D eigenvalue weighted by Gasteiger charge is 2.61. The van der Waals surface area contributed by atoms with Crippen molar-refractivity contribution in [2.75, 3.05) is 6.61 Å². The summed E-state index contributed by atoms with van der Waals surface area (Å²) in [6.07, 6.45) is 3.30. The Morgan fingerprint density at radius 1 is 1.32 bits per heavy atom. The van der Waals surface area contributed by atoms with Crippen LogP contribution in [0.15, 0.2) is 0 Å². The Morgan fingerprint density at radius 2 is 2.00 bits per heavy atom. The summed E-state index contributed by atoms with van der Waals surface area (Å²) in [4.78, 5) is 23.2. The second-order valence-corrected chi connectivity index (χ2v) is 6.71. The molecular weight excluding hydrogens is 242 g/mol. The van der Waals surface area contributed by atoms with E-state index in [2.05, 4.69) is 26.1 Å². The Bertz CT molecular complexity index is 391. The smallest absolute Gasteiger partial charge is 0.315 e. The van der Waals surface area contributed by atoms with Crippen LogP contribution in [0.2, 0.25) is 0 Å². The minimum atomic E-state index is -0.437. The van der Waals surface area contributed by atoms with Gasteiger partial charge in [0.25, 0.3) is 0 Å². The Kier molecular flexibility index (Phi) is 3.63. The van der Waals surface area contributed by atoms with Crippen LogP contribution >= 0.6 is 0 Å². The molecule has 0 aromatic rings. The maximum atomic E-state index is 11.9. The van der Waals surface area contributed by atoms with E-state index in [-0.39, 0.29) is 29.2 Å². The Labute approximate surface area is 115 Å². The number of hydrogen-bond donors (Lipinski definition) is 1. The first-order valence-electron chi connectivity index (χ1n) is 7.26. The van der Waals surface area contributed by atoms with E-state index in [1.807, 2.05) is 0 Å². The van der Waals surface area contributed by atoms with Crippen LogP contribution in [0.5, 0.6) is 0 Å². The van der Waals surface area contributed by atoms with Crippen LogP contribution in [0.4, 0.5) is 0 Å². The summed E-state index contributed by atoms with van der Waals surface area (Å²) in [7, 11) is 0. The molecule has 2 aliphatic rings. The number of hydrogen-bond acceptors (Lipinski definition) is 3. The summed E-state index contributed by atoms with van der Waals surface area (Å²) in [5.74, 6) is 0.0472. The summed E-state index contributed by atoms with van der Waals surface area (Å²) in [6, 6.07) is 0.197. The quantitative estimate of drug-likeness (QED) is 0.628. The summed E-state index contributed by atoms with van der Waals surface area (Å²) >= 11 is 0. The Hall–Kier alpha value is -1.06. The molecule has 0 spiro atoms. The van der Waals surface area contributed by atoms with Gasteiger partial charge in [0.05, 0.1) is 6.61 Å². The lowest BCUT2D eigenvalue weighted by Crippen LogP contribution is -2.47. The number of fused-ring (bicyclic) bond motifs is 2. The second kappa shape index (κ2) is 4.80. The van der Waals surface area contributed by atoms with Gasteiger partial charge in [0.2, 0.25) is 5.91 Å². The van der Waals surface area contributed by atoms with Gasteiger partial charge in [0, 0.05) is 6.04 Å². The molecular formula is C15H25NO3. The highest BCUT2D eigenvalue weighted by Crippen LogP contribution is 2.65. The molecule has 0 heterocycles. The number of carbonyl (C=O) groups excluding carboxylic acids is 2. The highest BCUT2D eigenvalue weighted by molar-refractivity contribution is 5.94. The molecule has 0 aliphatic heterocycles. The molecule has 2 bridgehead atoms. The van der Waals surface area contributed by atoms with Crippen molar-refractivity contribution in [1.82, 2.24) is 5.32 Å². The molecule has 108 valence electrons. The van der Waals surface area contributed by atoms with Gasteiger partial charge in [-0.25, -0.2) is 0 Å². The molecule has 0 aromatic heterocycles. The topological polar surface area (TPSA) is 55.4 Å². The zero-order chi connectivity index (χ0) is 14.3. The van der Waals surface area contributed by atoms with Gasteiger partial charge in [-0.2, -0.15) is 0 Å². The second-order valence-electron chi connectivity index (χ2n) is 6.71. The lowest BCUT2D eigenvalue weighted by Gasteiger charge is -2.39. The summed E-state index contributed by atoms with van der Waals surface area (Å²) in [6.45, 7) is 8.96. The molecule has 2 saturated carbocycles. The fourth-order valence-corrected chi connectivity index (χ4v) is 4.01. The van der Waals surface area contributed by atoms with Crippen LogP contribution in [-0.4, -0.2) is 24.5 Å². The minimum absolute atomic E-state index is 0.155. The Morgan fingerprint density at radius 3 is 2.47 bits per heavy atom. The van der Waals surface area contributed by atoms with Crippen molar-refractivity contribution in [2.24, 2.45) is 16.7 Å². The third-order valence-electron chi connectivity index (χ3n) is 5.74. The van der Waals surface area contributed by atoms with E-state index >= 15 is 0 Å². The lowest BCUT2D eigenvalue weighted by atomic mass is 9.69. The zero-order valence-electron chi connectivity index (χ0n) is 12.4. The van der Waals surface area contributed by atoms with Crippen molar-refractivity contribution >= 4 is 11.9 Å². The molecule has 0 radical (unpaired) electrons. The van der Waals surface area contributed by atoms with Gasteiger partial charge in [-0.1, -0.05) is 20.8 Å². The monoisotopic (exact) mass is 267 g/mol. The number of amides is 1. The van der Waals surface area contributed by atoms with Crippen LogP contribution in [-0.2, 0) is 14.3 Å². The van der Waals surface area contributed by atoms with Crippen molar-refractivity contribution in [2.45, 2.75) is 59.4 Å². The van der Waals surface area contributed by atoms with E-state index in [4.69, 9.17) is 4.74 Å².